The standard InChI is InChI=1S/C21H18F5N5O/c22-14-1-5-16(6-2-14)30-10-9-13(12-30)11-27-20(32)18-19(21(24,25)26)31(29-28-18)17-7-3-15(23)4-8-17/h1-8,13H,9-12H2,(H,27,32). The molecule has 3 aromatic rings. The SMILES string of the molecule is O=C(NCC1CCN(c2ccc(F)cc2)C1)c1nnn(-c2ccc(F)cc2)c1C(F)(F)F. The molecule has 1 aliphatic rings. The Kier molecular flexibility index (Phi) is 5.81. The Balaban J connectivity index is 1.45. The highest BCUT2D eigenvalue weighted by molar-refractivity contribution is 5.93. The molecule has 1 atom stereocenters. The van der Waals surface area contributed by atoms with Gasteiger partial charge in [0.25, 0.3) is 5.91 Å². The van der Waals surface area contributed by atoms with Crippen LogP contribution in [0.2, 0.25) is 0 Å². The minimum Gasteiger partial charge on any atom is -0.371 e. The Morgan fingerprint density at radius 2 is 1.59 bits per heavy atom. The number of nitrogens with zero attached hydrogens (tertiary/aromatic N) is 4. The molecule has 11 heteroatoms. The predicted octanol–water partition coefficient (Wildman–Crippen LogP) is 3.82. The van der Waals surface area contributed by atoms with Gasteiger partial charge in [-0.05, 0) is 60.9 Å². The van der Waals surface area contributed by atoms with Crippen molar-refractivity contribution in [3.05, 3.63) is 71.6 Å². The highest BCUT2D eigenvalue weighted by Crippen LogP contribution is 2.33. The molecule has 1 saturated heterocycles. The van der Waals surface area contributed by atoms with Gasteiger partial charge in [0.15, 0.2) is 11.4 Å². The highest BCUT2D eigenvalue weighted by Gasteiger charge is 2.42. The summed E-state index contributed by atoms with van der Waals surface area (Å²) in [5.74, 6) is -1.95. The number of carbonyl (C=O) groups is 1. The van der Waals surface area contributed by atoms with Gasteiger partial charge < -0.3 is 10.2 Å². The lowest BCUT2D eigenvalue weighted by molar-refractivity contribution is -0.143. The maximum atomic E-state index is 13.7. The van der Waals surface area contributed by atoms with Crippen molar-refractivity contribution in [3.8, 4) is 5.69 Å². The zero-order valence-electron chi connectivity index (χ0n) is 16.6. The molecule has 0 spiro atoms. The molecule has 2 heterocycles. The summed E-state index contributed by atoms with van der Waals surface area (Å²) in [4.78, 5) is 14.5. The number of hydrogen-bond acceptors (Lipinski definition) is 4. The number of alkyl halides is 3. The van der Waals surface area contributed by atoms with Crippen LogP contribution in [0.4, 0.5) is 27.6 Å². The van der Waals surface area contributed by atoms with Crippen molar-refractivity contribution in [2.75, 3.05) is 24.5 Å². The third-order valence-corrected chi connectivity index (χ3v) is 5.25. The topological polar surface area (TPSA) is 63.1 Å². The van der Waals surface area contributed by atoms with Crippen LogP contribution in [-0.2, 0) is 6.18 Å². The van der Waals surface area contributed by atoms with Gasteiger partial charge in [0.05, 0.1) is 5.69 Å². The van der Waals surface area contributed by atoms with E-state index in [0.29, 0.717) is 24.2 Å². The third kappa shape index (κ3) is 4.56. The van der Waals surface area contributed by atoms with E-state index in [1.807, 2.05) is 4.90 Å². The summed E-state index contributed by atoms with van der Waals surface area (Å²) in [5, 5.41) is 9.41. The molecule has 168 valence electrons. The Bertz CT molecular complexity index is 1100. The van der Waals surface area contributed by atoms with Crippen molar-refractivity contribution in [2.24, 2.45) is 5.92 Å². The molecule has 1 aliphatic heterocycles. The van der Waals surface area contributed by atoms with Crippen LogP contribution in [-0.4, -0.2) is 40.5 Å². The van der Waals surface area contributed by atoms with E-state index in [4.69, 9.17) is 0 Å². The van der Waals surface area contributed by atoms with Crippen LogP contribution in [0.1, 0.15) is 22.6 Å². The smallest absolute Gasteiger partial charge is 0.371 e. The summed E-state index contributed by atoms with van der Waals surface area (Å²) in [6.07, 6.45) is -4.19. The number of halogens is 5. The van der Waals surface area contributed by atoms with Gasteiger partial charge in [-0.15, -0.1) is 5.10 Å². The largest absolute Gasteiger partial charge is 0.435 e. The molecule has 1 N–H and O–H groups in total. The van der Waals surface area contributed by atoms with E-state index in [-0.39, 0.29) is 24.0 Å². The summed E-state index contributed by atoms with van der Waals surface area (Å²) < 4.78 is 67.7. The van der Waals surface area contributed by atoms with Crippen molar-refractivity contribution in [3.63, 3.8) is 0 Å². The van der Waals surface area contributed by atoms with Crippen LogP contribution < -0.4 is 10.2 Å². The van der Waals surface area contributed by atoms with Gasteiger partial charge in [-0.25, -0.2) is 13.5 Å². The molecule has 32 heavy (non-hydrogen) atoms. The van der Waals surface area contributed by atoms with E-state index < -0.39 is 29.3 Å². The number of benzene rings is 2. The fourth-order valence-electron chi connectivity index (χ4n) is 3.66. The Morgan fingerprint density at radius 1 is 1.00 bits per heavy atom. The molecule has 6 nitrogen and oxygen atoms in total. The fraction of sp³-hybridized carbons (Fsp3) is 0.286. The maximum Gasteiger partial charge on any atom is 0.435 e. The van der Waals surface area contributed by atoms with E-state index in [0.717, 1.165) is 30.0 Å². The van der Waals surface area contributed by atoms with Gasteiger partial charge in [-0.1, -0.05) is 5.21 Å². The second kappa shape index (κ2) is 8.56. The van der Waals surface area contributed by atoms with Crippen LogP contribution in [0.5, 0.6) is 0 Å². The van der Waals surface area contributed by atoms with Crippen molar-refractivity contribution >= 4 is 11.6 Å². The first-order valence-corrected chi connectivity index (χ1v) is 9.80. The van der Waals surface area contributed by atoms with Gasteiger partial charge in [0.2, 0.25) is 0 Å². The lowest BCUT2D eigenvalue weighted by Crippen LogP contribution is -2.32. The van der Waals surface area contributed by atoms with Gasteiger partial charge >= 0.3 is 6.18 Å². The number of nitrogens with one attached hydrogen (secondary N) is 1. The summed E-state index contributed by atoms with van der Waals surface area (Å²) in [7, 11) is 0. The van der Waals surface area contributed by atoms with Crippen molar-refractivity contribution in [1.29, 1.82) is 0 Å². The van der Waals surface area contributed by atoms with Gasteiger partial charge in [0, 0.05) is 25.3 Å². The molecule has 1 aromatic heterocycles. The average Bonchev–Trinajstić information content (AvgIpc) is 3.40. The van der Waals surface area contributed by atoms with Crippen LogP contribution in [0.15, 0.2) is 48.5 Å². The van der Waals surface area contributed by atoms with Gasteiger partial charge in [-0.3, -0.25) is 4.79 Å². The van der Waals surface area contributed by atoms with E-state index in [2.05, 4.69) is 15.6 Å². The average molecular weight is 451 g/mol. The summed E-state index contributed by atoms with van der Waals surface area (Å²) in [5.41, 5.74) is -1.42. The van der Waals surface area contributed by atoms with Crippen molar-refractivity contribution < 1.29 is 26.7 Å². The molecule has 1 fully saturated rings. The van der Waals surface area contributed by atoms with E-state index in [1.54, 1.807) is 12.1 Å². The number of hydrogen-bond donors (Lipinski definition) is 1. The van der Waals surface area contributed by atoms with Crippen molar-refractivity contribution in [2.45, 2.75) is 12.6 Å². The molecular weight excluding hydrogens is 433 g/mol. The van der Waals surface area contributed by atoms with E-state index in [9.17, 15) is 26.7 Å². The normalized spacial score (nSPS) is 16.4. The minimum absolute atomic E-state index is 0.00508. The third-order valence-electron chi connectivity index (χ3n) is 5.25. The lowest BCUT2D eigenvalue weighted by atomic mass is 10.1. The molecule has 0 saturated carbocycles. The fourth-order valence-corrected chi connectivity index (χ4v) is 3.66. The predicted molar refractivity (Wildman–Crippen MR) is 105 cm³/mol. The Labute approximate surface area is 179 Å². The molecule has 1 amide bonds. The number of amides is 1. The monoisotopic (exact) mass is 451 g/mol. The minimum atomic E-state index is -4.91. The highest BCUT2D eigenvalue weighted by atomic mass is 19.4. The van der Waals surface area contributed by atoms with E-state index in [1.165, 1.54) is 12.1 Å². The summed E-state index contributed by atoms with van der Waals surface area (Å²) in [6.45, 7) is 1.40. The second-order valence-corrected chi connectivity index (χ2v) is 7.46. The van der Waals surface area contributed by atoms with Crippen LogP contribution in [0.3, 0.4) is 0 Å². The summed E-state index contributed by atoms with van der Waals surface area (Å²) in [6, 6.07) is 10.2. The molecule has 2 aromatic carbocycles. The first-order valence-electron chi connectivity index (χ1n) is 9.80. The number of aromatic nitrogens is 3. The number of rotatable bonds is 5. The first kappa shape index (κ1) is 21.7. The first-order chi connectivity index (χ1) is 15.2. The zero-order chi connectivity index (χ0) is 22.9. The van der Waals surface area contributed by atoms with Gasteiger partial charge in [-0.2, -0.15) is 13.2 Å². The quantitative estimate of drug-likeness (QED) is 0.600. The van der Waals surface area contributed by atoms with Crippen LogP contribution in [0.25, 0.3) is 5.69 Å². The van der Waals surface area contributed by atoms with Gasteiger partial charge in [0.1, 0.15) is 11.6 Å². The Morgan fingerprint density at radius 3 is 2.19 bits per heavy atom. The summed E-state index contributed by atoms with van der Waals surface area (Å²) >= 11 is 0. The molecule has 4 rings (SSSR count). The van der Waals surface area contributed by atoms with Crippen LogP contribution in [0, 0.1) is 17.6 Å². The number of carbonyl (C=O) groups excluding carboxylic acids is 1. The number of anilines is 1. The molecule has 0 bridgehead atoms. The Hall–Kier alpha value is -3.50. The van der Waals surface area contributed by atoms with Crippen molar-refractivity contribution in [1.82, 2.24) is 20.3 Å². The molecule has 0 radical (unpaired) electrons. The molecular formula is C21H18F5N5O. The zero-order valence-corrected chi connectivity index (χ0v) is 16.6. The van der Waals surface area contributed by atoms with E-state index >= 15 is 0 Å². The lowest BCUT2D eigenvalue weighted by Gasteiger charge is -2.18. The molecule has 1 unspecified atom stereocenters. The maximum absolute atomic E-state index is 13.7. The second-order valence-electron chi connectivity index (χ2n) is 7.46. The van der Waals surface area contributed by atoms with Crippen LogP contribution >= 0.6 is 0 Å². The molecule has 0 aliphatic carbocycles.